The highest BCUT2D eigenvalue weighted by Crippen LogP contribution is 2.46. The average Bonchev–Trinajstić information content (AvgIpc) is 3.20. The fraction of sp³-hybridized carbons (Fsp3) is 0.346. The monoisotopic (exact) mass is 559 g/mol. The van der Waals surface area contributed by atoms with E-state index in [1.807, 2.05) is 18.2 Å². The summed E-state index contributed by atoms with van der Waals surface area (Å²) < 4.78 is 37.4. The highest BCUT2D eigenvalue weighted by Gasteiger charge is 2.46. The van der Waals surface area contributed by atoms with Gasteiger partial charge in [-0.15, -0.1) is 0 Å². The molecular weight excluding hydrogens is 529 g/mol. The number of aliphatic hydroxyl groups is 1. The van der Waals surface area contributed by atoms with Crippen molar-refractivity contribution in [2.24, 2.45) is 0 Å². The van der Waals surface area contributed by atoms with Crippen molar-refractivity contribution in [3.05, 3.63) is 99.3 Å². The molecule has 1 aliphatic rings. The van der Waals surface area contributed by atoms with Crippen molar-refractivity contribution in [3.63, 3.8) is 0 Å². The molecule has 0 amide bonds. The lowest BCUT2D eigenvalue weighted by Gasteiger charge is -2.27. The Bertz CT molecular complexity index is 1430. The Hall–Kier alpha value is -3.54. The minimum absolute atomic E-state index is 0.00748. The first-order chi connectivity index (χ1) is 18.5. The first-order valence-electron chi connectivity index (χ1n) is 12.2. The van der Waals surface area contributed by atoms with Crippen LogP contribution in [0.25, 0.3) is 0 Å². The third-order valence-corrected chi connectivity index (χ3v) is 7.70. The SMILES string of the molecule is C[C@H](NP(=O)(OCC1O[C@@H](n2ccc(=O)[nH]c2=O)C[C@]1(C)O)Oc1ccccc1)C(=O)OCc1ccccc1. The van der Waals surface area contributed by atoms with Crippen LogP contribution in [0.5, 0.6) is 5.75 Å². The summed E-state index contributed by atoms with van der Waals surface area (Å²) in [5, 5.41) is 13.5. The van der Waals surface area contributed by atoms with Gasteiger partial charge in [0.25, 0.3) is 5.56 Å². The Morgan fingerprint density at radius 1 is 1.18 bits per heavy atom. The number of esters is 1. The van der Waals surface area contributed by atoms with Gasteiger partial charge in [-0.2, -0.15) is 5.09 Å². The number of hydrogen-bond acceptors (Lipinski definition) is 9. The van der Waals surface area contributed by atoms with Gasteiger partial charge in [0, 0.05) is 18.7 Å². The lowest BCUT2D eigenvalue weighted by atomic mass is 9.98. The van der Waals surface area contributed by atoms with E-state index in [2.05, 4.69) is 10.1 Å². The molecule has 0 spiro atoms. The molecule has 1 fully saturated rings. The zero-order valence-corrected chi connectivity index (χ0v) is 22.3. The van der Waals surface area contributed by atoms with Crippen LogP contribution in [0.2, 0.25) is 0 Å². The molecule has 0 bridgehead atoms. The number of nitrogens with zero attached hydrogens (tertiary/aromatic N) is 1. The van der Waals surface area contributed by atoms with Gasteiger partial charge in [0.1, 0.15) is 30.7 Å². The van der Waals surface area contributed by atoms with Crippen LogP contribution in [-0.2, 0) is 30.0 Å². The van der Waals surface area contributed by atoms with E-state index in [1.54, 1.807) is 42.5 Å². The third-order valence-electron chi connectivity index (χ3n) is 6.06. The maximum Gasteiger partial charge on any atom is 0.459 e. The largest absolute Gasteiger partial charge is 0.460 e. The van der Waals surface area contributed by atoms with Crippen molar-refractivity contribution in [2.45, 2.75) is 50.8 Å². The molecule has 3 aromatic rings. The van der Waals surface area contributed by atoms with Gasteiger partial charge in [0.05, 0.1) is 12.2 Å². The van der Waals surface area contributed by atoms with E-state index in [1.165, 1.54) is 20.0 Å². The molecule has 4 rings (SSSR count). The molecule has 2 unspecified atom stereocenters. The molecular formula is C26H30N3O9P. The number of H-pyrrole nitrogens is 1. The van der Waals surface area contributed by atoms with Gasteiger partial charge < -0.3 is 19.1 Å². The van der Waals surface area contributed by atoms with Crippen LogP contribution in [0.3, 0.4) is 0 Å². The number of hydrogen-bond donors (Lipinski definition) is 3. The van der Waals surface area contributed by atoms with Crippen LogP contribution in [0, 0.1) is 0 Å². The molecule has 5 atom stereocenters. The molecule has 0 radical (unpaired) electrons. The summed E-state index contributed by atoms with van der Waals surface area (Å²) in [6.45, 7) is 2.56. The number of aromatic amines is 1. The van der Waals surface area contributed by atoms with E-state index >= 15 is 0 Å². The molecule has 0 aliphatic carbocycles. The molecule has 2 aromatic carbocycles. The van der Waals surface area contributed by atoms with Crippen LogP contribution >= 0.6 is 7.75 Å². The maximum absolute atomic E-state index is 13.8. The molecule has 39 heavy (non-hydrogen) atoms. The summed E-state index contributed by atoms with van der Waals surface area (Å²) in [4.78, 5) is 38.3. The van der Waals surface area contributed by atoms with Crippen molar-refractivity contribution in [1.29, 1.82) is 0 Å². The second kappa shape index (κ2) is 12.1. The highest BCUT2D eigenvalue weighted by molar-refractivity contribution is 7.52. The van der Waals surface area contributed by atoms with Gasteiger partial charge in [-0.05, 0) is 31.5 Å². The zero-order valence-electron chi connectivity index (χ0n) is 21.4. The quantitative estimate of drug-likeness (QED) is 0.235. The molecule has 3 N–H and O–H groups in total. The number of carbonyl (C=O) groups excluding carboxylic acids is 1. The Balaban J connectivity index is 1.45. The molecule has 2 heterocycles. The summed E-state index contributed by atoms with van der Waals surface area (Å²) in [5.74, 6) is -0.462. The van der Waals surface area contributed by atoms with Crippen LogP contribution in [0.4, 0.5) is 0 Å². The van der Waals surface area contributed by atoms with E-state index in [0.29, 0.717) is 0 Å². The van der Waals surface area contributed by atoms with Crippen molar-refractivity contribution >= 4 is 13.7 Å². The first kappa shape index (κ1) is 28.5. The Labute approximate surface area is 224 Å². The molecule has 13 heteroatoms. The molecule has 208 valence electrons. The smallest absolute Gasteiger partial charge is 0.459 e. The third kappa shape index (κ3) is 7.53. The molecule has 1 aliphatic heterocycles. The second-order valence-electron chi connectivity index (χ2n) is 9.30. The molecule has 1 aromatic heterocycles. The number of aromatic nitrogens is 2. The van der Waals surface area contributed by atoms with Crippen molar-refractivity contribution < 1.29 is 33.0 Å². The second-order valence-corrected chi connectivity index (χ2v) is 11.0. The molecule has 1 saturated heterocycles. The number of rotatable bonds is 11. The van der Waals surface area contributed by atoms with E-state index in [-0.39, 0.29) is 18.8 Å². The van der Waals surface area contributed by atoms with Crippen molar-refractivity contribution in [1.82, 2.24) is 14.6 Å². The van der Waals surface area contributed by atoms with Gasteiger partial charge in [0.15, 0.2) is 0 Å². The highest BCUT2D eigenvalue weighted by atomic mass is 31.2. The van der Waals surface area contributed by atoms with Gasteiger partial charge in [-0.3, -0.25) is 23.7 Å². The summed E-state index contributed by atoms with van der Waals surface area (Å²) in [6, 6.07) is 17.4. The van der Waals surface area contributed by atoms with E-state index < -0.39 is 55.5 Å². The van der Waals surface area contributed by atoms with Gasteiger partial charge >= 0.3 is 19.4 Å². The average molecular weight is 560 g/mol. The Kier molecular flexibility index (Phi) is 8.83. The lowest BCUT2D eigenvalue weighted by Crippen LogP contribution is -2.40. The van der Waals surface area contributed by atoms with Crippen molar-refractivity contribution in [3.8, 4) is 5.75 Å². The Morgan fingerprint density at radius 3 is 2.51 bits per heavy atom. The predicted octanol–water partition coefficient (Wildman–Crippen LogP) is 2.50. The number of ether oxygens (including phenoxy) is 2. The van der Waals surface area contributed by atoms with Gasteiger partial charge in [0.2, 0.25) is 0 Å². The van der Waals surface area contributed by atoms with E-state index in [4.69, 9.17) is 18.5 Å². The van der Waals surface area contributed by atoms with Crippen molar-refractivity contribution in [2.75, 3.05) is 6.61 Å². The van der Waals surface area contributed by atoms with Crippen LogP contribution in [0.15, 0.2) is 82.5 Å². The normalized spacial score (nSPS) is 23.1. The van der Waals surface area contributed by atoms with E-state index in [0.717, 1.165) is 16.2 Å². The van der Waals surface area contributed by atoms with Gasteiger partial charge in [-0.1, -0.05) is 48.5 Å². The topological polar surface area (TPSA) is 158 Å². The maximum atomic E-state index is 13.8. The first-order valence-corrected chi connectivity index (χ1v) is 13.8. The number of para-hydroxylation sites is 1. The predicted molar refractivity (Wildman–Crippen MR) is 140 cm³/mol. The van der Waals surface area contributed by atoms with Crippen LogP contribution < -0.4 is 20.9 Å². The van der Waals surface area contributed by atoms with Crippen LogP contribution in [0.1, 0.15) is 32.1 Å². The summed E-state index contributed by atoms with van der Waals surface area (Å²) >= 11 is 0. The minimum atomic E-state index is -4.22. The zero-order chi connectivity index (χ0) is 28.0. The summed E-state index contributed by atoms with van der Waals surface area (Å²) in [5.41, 5.74) is -1.97. The Morgan fingerprint density at radius 2 is 1.85 bits per heavy atom. The fourth-order valence-electron chi connectivity index (χ4n) is 3.93. The number of nitrogens with one attached hydrogen (secondary N) is 2. The summed E-state index contributed by atoms with van der Waals surface area (Å²) in [7, 11) is -4.22. The van der Waals surface area contributed by atoms with E-state index in [9.17, 15) is 24.1 Å². The summed E-state index contributed by atoms with van der Waals surface area (Å²) in [6.07, 6.45) is -0.686. The van der Waals surface area contributed by atoms with Crippen LogP contribution in [-0.4, -0.2) is 45.0 Å². The minimum Gasteiger partial charge on any atom is -0.460 e. The molecule has 0 saturated carbocycles. The number of benzene rings is 2. The fourth-order valence-corrected chi connectivity index (χ4v) is 5.42. The standard InChI is InChI=1S/C26H30N3O9P/c1-18(24(31)35-16-19-9-5-3-6-10-19)28-39(34,38-20-11-7-4-8-12-20)36-17-21-26(2,33)15-23(37-21)29-14-13-22(30)27-25(29)32/h3-14,18,21,23,33H,15-17H2,1-2H3,(H,28,34)(H,27,30,32)/t18-,21?,23+,26-,39?/m0/s1. The lowest BCUT2D eigenvalue weighted by molar-refractivity contribution is -0.146. The number of carbonyl (C=O) groups is 1. The van der Waals surface area contributed by atoms with Gasteiger partial charge in [-0.25, -0.2) is 9.36 Å². The molecule has 12 nitrogen and oxygen atoms in total.